The average Bonchev–Trinajstić information content (AvgIpc) is 2.18. The molecule has 0 saturated carbocycles. The second kappa shape index (κ2) is 5.78. The summed E-state index contributed by atoms with van der Waals surface area (Å²) in [5, 5.41) is 13.1. The summed E-state index contributed by atoms with van der Waals surface area (Å²) >= 11 is 0. The Morgan fingerprint density at radius 2 is 1.75 bits per heavy atom. The van der Waals surface area contributed by atoms with Crippen molar-refractivity contribution in [3.05, 3.63) is 34.4 Å². The Balaban J connectivity index is 0.00000225. The zero-order chi connectivity index (χ0) is 11.4. The number of hydrogen-bond donors (Lipinski definition) is 0. The lowest BCUT2D eigenvalue weighted by molar-refractivity contribution is -0.666. The molecule has 16 heavy (non-hydrogen) atoms. The first kappa shape index (κ1) is 14.0. The lowest BCUT2D eigenvalue weighted by Crippen LogP contribution is -3.00. The van der Waals surface area contributed by atoms with Gasteiger partial charge in [-0.2, -0.15) is 0 Å². The molecule has 1 rings (SSSR count). The van der Waals surface area contributed by atoms with E-state index >= 15 is 0 Å². The maximum atomic E-state index is 12.3. The molecule has 0 bridgehead atoms. The molecular weight excluding hydrogens is 233 g/mol. The van der Waals surface area contributed by atoms with Gasteiger partial charge in [-0.25, -0.2) is 8.63 Å². The molecule has 86 valence electrons. The monoisotopic (exact) mass is 237 g/mol. The number of halogens is 4. The number of hydrogen-bond acceptors (Lipinski definition) is 3. The molecule has 1 aromatic rings. The Labute approximate surface area is 86.8 Å². The van der Waals surface area contributed by atoms with Gasteiger partial charge in [0.2, 0.25) is 0 Å². The minimum atomic E-state index is -3.36. The van der Waals surface area contributed by atoms with Crippen LogP contribution < -0.4 is 4.70 Å². The second-order valence-corrected chi connectivity index (χ2v) is 2.44. The summed E-state index contributed by atoms with van der Waals surface area (Å²) in [6.45, 7) is 0. The van der Waals surface area contributed by atoms with E-state index in [1.165, 1.54) is 0 Å². The zero-order valence-electron chi connectivity index (χ0n) is 7.56. The van der Waals surface area contributed by atoms with Crippen LogP contribution in [0.2, 0.25) is 0 Å². The van der Waals surface area contributed by atoms with E-state index in [1.54, 1.807) is 0 Å². The van der Waals surface area contributed by atoms with Crippen molar-refractivity contribution in [1.29, 1.82) is 0 Å². The summed E-state index contributed by atoms with van der Waals surface area (Å²) in [6.07, 6.45) is 0. The molecule has 0 atom stereocenters. The van der Waals surface area contributed by atoms with Gasteiger partial charge in [0, 0.05) is 17.2 Å². The Bertz CT molecular complexity index is 397. The number of benzene rings is 1. The van der Waals surface area contributed by atoms with E-state index in [0.717, 1.165) is 24.3 Å². The number of rotatable bonds is 3. The summed E-state index contributed by atoms with van der Waals surface area (Å²) in [5.41, 5.74) is -0.361. The van der Waals surface area contributed by atoms with Gasteiger partial charge in [0.05, 0.1) is 14.2 Å². The van der Waals surface area contributed by atoms with Gasteiger partial charge in [-0.1, -0.05) is 0 Å². The Morgan fingerprint density at radius 1 is 1.25 bits per heavy atom. The highest BCUT2D eigenvalue weighted by molar-refractivity contribution is 6.31. The van der Waals surface area contributed by atoms with Gasteiger partial charge in [-0.3, -0.25) is 10.1 Å². The van der Waals surface area contributed by atoms with Gasteiger partial charge >= 0.3 is 7.40 Å². The summed E-state index contributed by atoms with van der Waals surface area (Å²) in [7, 11) is -3.36. The molecule has 0 aliphatic rings. The lowest BCUT2D eigenvalue weighted by atomic mass is 10.3. The quantitative estimate of drug-likeness (QED) is 0.178. The highest BCUT2D eigenvalue weighted by Crippen LogP contribution is 2.18. The standard InChI is InChI=1S/C6H4BF3N3O2.FH/c8-7(9)13(10)11-5-1-3-6(4-2-5)12(14)15;/h1-4H;1H/q+1;/p-1. The fraction of sp³-hybridized carbons (Fsp3) is 0. The first-order chi connectivity index (χ1) is 7.00. The van der Waals surface area contributed by atoms with E-state index in [1.807, 2.05) is 0 Å². The molecule has 0 aromatic heterocycles. The van der Waals surface area contributed by atoms with E-state index < -0.39 is 17.2 Å². The van der Waals surface area contributed by atoms with Gasteiger partial charge in [-0.15, -0.1) is 0 Å². The molecule has 5 nitrogen and oxygen atoms in total. The zero-order valence-corrected chi connectivity index (χ0v) is 7.56. The number of nitro groups is 1. The molecule has 0 amide bonds. The van der Waals surface area contributed by atoms with Gasteiger partial charge < -0.3 is 4.70 Å². The molecule has 0 radical (unpaired) electrons. The molecule has 0 aliphatic carbocycles. The van der Waals surface area contributed by atoms with Crippen molar-refractivity contribution < 1.29 is 27.6 Å². The molecule has 10 heteroatoms. The molecule has 0 spiro atoms. The number of non-ortho nitro benzene ring substituents is 1. The van der Waals surface area contributed by atoms with E-state index in [9.17, 15) is 23.2 Å². The van der Waals surface area contributed by atoms with Crippen molar-refractivity contribution in [1.82, 2.24) is 0 Å². The van der Waals surface area contributed by atoms with Crippen LogP contribution in [0.3, 0.4) is 0 Å². The highest BCUT2D eigenvalue weighted by Gasteiger charge is 2.40. The van der Waals surface area contributed by atoms with Gasteiger partial charge in [0.25, 0.3) is 5.69 Å². The van der Waals surface area contributed by atoms with Gasteiger partial charge in [0.1, 0.15) is 5.69 Å². The molecule has 0 saturated heterocycles. The van der Waals surface area contributed by atoms with Crippen molar-refractivity contribution in [2.24, 2.45) is 5.11 Å². The van der Waals surface area contributed by atoms with Crippen LogP contribution in [0.15, 0.2) is 29.4 Å². The predicted molar refractivity (Wildman–Crippen MR) is 44.5 cm³/mol. The first-order valence-corrected chi connectivity index (χ1v) is 3.70. The maximum Gasteiger partial charge on any atom is 1.00 e. The van der Waals surface area contributed by atoms with Crippen molar-refractivity contribution in [3.8, 4) is 0 Å². The van der Waals surface area contributed by atoms with Crippen LogP contribution in [0.4, 0.5) is 24.5 Å². The number of nitro benzene ring substituents is 1. The molecule has 0 N–H and O–H groups in total. The van der Waals surface area contributed by atoms with Crippen LogP contribution in [-0.2, 0) is 0 Å². The topological polar surface area (TPSA) is 58.5 Å². The predicted octanol–water partition coefficient (Wildman–Crippen LogP) is -0.497. The lowest BCUT2D eigenvalue weighted by Gasteiger charge is -1.89. The molecule has 0 fully saturated rings. The van der Waals surface area contributed by atoms with Crippen LogP contribution in [0.25, 0.3) is 0 Å². The van der Waals surface area contributed by atoms with Crippen LogP contribution >= 0.6 is 0 Å². The minimum absolute atomic E-state index is 0. The Morgan fingerprint density at radius 3 is 2.12 bits per heavy atom. The molecule has 0 unspecified atom stereocenters. The minimum Gasteiger partial charge on any atom is -1.00 e. The third-order valence-corrected chi connectivity index (χ3v) is 1.43. The SMILES string of the molecule is O=[N+]([O-])c1ccc(N=[N+](F)B(F)F)cc1.[F-]. The fourth-order valence-corrected chi connectivity index (χ4v) is 0.795. The summed E-state index contributed by atoms with van der Waals surface area (Å²) in [6, 6.07) is 4.20. The summed E-state index contributed by atoms with van der Waals surface area (Å²) < 4.78 is 35.6. The Hall–Kier alpha value is -2.00. The van der Waals surface area contributed by atoms with Crippen molar-refractivity contribution in [2.45, 2.75) is 0 Å². The normalized spacial score (nSPS) is 10.6. The van der Waals surface area contributed by atoms with Crippen molar-refractivity contribution >= 4 is 18.8 Å². The van der Waals surface area contributed by atoms with Crippen molar-refractivity contribution in [2.75, 3.05) is 0 Å². The van der Waals surface area contributed by atoms with Crippen LogP contribution in [0.1, 0.15) is 0 Å². The third-order valence-electron chi connectivity index (χ3n) is 1.43. The van der Waals surface area contributed by atoms with E-state index in [4.69, 9.17) is 0 Å². The highest BCUT2D eigenvalue weighted by atomic mass is 19.3. The van der Waals surface area contributed by atoms with Crippen LogP contribution in [0.5, 0.6) is 0 Å². The summed E-state index contributed by atoms with van der Waals surface area (Å²) in [5.74, 6) is 0. The first-order valence-electron chi connectivity index (χ1n) is 3.70. The molecule has 1 aromatic carbocycles. The smallest absolute Gasteiger partial charge is 1.00 e. The van der Waals surface area contributed by atoms with Crippen LogP contribution in [0, 0.1) is 10.1 Å². The largest absolute Gasteiger partial charge is 1.00 e. The molecule has 0 heterocycles. The number of nitrogens with zero attached hydrogens (tertiary/aromatic N) is 3. The second-order valence-electron chi connectivity index (χ2n) is 2.44. The van der Waals surface area contributed by atoms with Gasteiger partial charge in [0.15, 0.2) is 0 Å². The fourth-order valence-electron chi connectivity index (χ4n) is 0.795. The molecule has 0 aliphatic heterocycles. The summed E-state index contributed by atoms with van der Waals surface area (Å²) in [4.78, 5) is 8.52. The van der Waals surface area contributed by atoms with Crippen molar-refractivity contribution in [3.63, 3.8) is 0 Å². The van der Waals surface area contributed by atoms with E-state index in [0.29, 0.717) is 0 Å². The third kappa shape index (κ3) is 3.63. The maximum absolute atomic E-state index is 12.3. The average molecular weight is 237 g/mol. The van der Waals surface area contributed by atoms with E-state index in [2.05, 4.69) is 5.11 Å². The Kier molecular flexibility index (Phi) is 5.06. The van der Waals surface area contributed by atoms with Gasteiger partial charge in [-0.05, 0) is 12.1 Å². The van der Waals surface area contributed by atoms with E-state index in [-0.39, 0.29) is 16.1 Å². The van der Waals surface area contributed by atoms with Crippen LogP contribution in [-0.4, -0.2) is 17.2 Å². The molecular formula is C6H4BF4N3O2.